The Morgan fingerprint density at radius 1 is 0.667 bits per heavy atom. The van der Waals surface area contributed by atoms with Crippen molar-refractivity contribution in [1.82, 2.24) is 0 Å². The van der Waals surface area contributed by atoms with Crippen molar-refractivity contribution in [3.8, 4) is 0 Å². The minimum Gasteiger partial charge on any atom is -0.242 e. The molecule has 0 spiro atoms. The largest absolute Gasteiger partial charge is 0.387 e. The van der Waals surface area contributed by atoms with E-state index in [1.165, 1.54) is 0 Å². The molecule has 4 amide bonds. The molecule has 0 aromatic rings. The monoisotopic (exact) mass is 164 g/mol. The summed E-state index contributed by atoms with van der Waals surface area (Å²) in [7, 11) is 0. The van der Waals surface area contributed by atoms with Gasteiger partial charge in [-0.05, 0) is 0 Å². The number of amides is 4. The van der Waals surface area contributed by atoms with Crippen molar-refractivity contribution in [3.63, 3.8) is 0 Å². The van der Waals surface area contributed by atoms with Crippen LogP contribution in [0.2, 0.25) is 0 Å². The van der Waals surface area contributed by atoms with Gasteiger partial charge in [-0.3, -0.25) is 0 Å². The van der Waals surface area contributed by atoms with Gasteiger partial charge in [-0.2, -0.15) is 9.98 Å². The Morgan fingerprint density at radius 3 is 1.33 bits per heavy atom. The second-order valence-electron chi connectivity index (χ2n) is 1.84. The molecule has 2 aliphatic rings. The summed E-state index contributed by atoms with van der Waals surface area (Å²) in [6.45, 7) is 0. The summed E-state index contributed by atoms with van der Waals surface area (Å²) in [5, 5.41) is 12.8. The number of hydrogen-bond acceptors (Lipinski definition) is 4. The fraction of sp³-hybridized carbons (Fsp3) is 0. The molecule has 2 aliphatic heterocycles. The molecule has 0 fully saturated rings. The van der Waals surface area contributed by atoms with Crippen LogP contribution in [0.3, 0.4) is 0 Å². The summed E-state index contributed by atoms with van der Waals surface area (Å²) < 4.78 is 0. The first-order chi connectivity index (χ1) is 5.75. The van der Waals surface area contributed by atoms with Crippen LogP contribution in [0.4, 0.5) is 9.59 Å². The average molecular weight is 164 g/mol. The summed E-state index contributed by atoms with van der Waals surface area (Å²) in [6, 6.07) is -1.47. The highest BCUT2D eigenvalue weighted by atomic mass is 16.2. The van der Waals surface area contributed by atoms with Gasteiger partial charge in [0.2, 0.25) is 11.7 Å². The van der Waals surface area contributed by atoms with Gasteiger partial charge < -0.3 is 0 Å². The van der Waals surface area contributed by atoms with E-state index >= 15 is 0 Å². The third-order valence-corrected chi connectivity index (χ3v) is 1.06. The molecule has 0 aromatic heterocycles. The number of amidine groups is 2. The molecule has 0 unspecified atom stereocenters. The summed E-state index contributed by atoms with van der Waals surface area (Å²) >= 11 is 0. The number of nitrogens with zero attached hydrogens (tertiary/aromatic N) is 6. The number of aliphatic imine (C=N–C) groups is 2. The van der Waals surface area contributed by atoms with E-state index in [-0.39, 0.29) is 11.7 Å². The van der Waals surface area contributed by atoms with Gasteiger partial charge in [-0.1, -0.05) is 10.2 Å². The van der Waals surface area contributed by atoms with Crippen molar-refractivity contribution in [1.29, 1.82) is 0 Å². The lowest BCUT2D eigenvalue weighted by molar-refractivity contribution is 0.256. The molecule has 58 valence electrons. The first-order valence-electron chi connectivity index (χ1n) is 2.85. The highest BCUT2D eigenvalue weighted by Crippen LogP contribution is 2.06. The molecular formula is C4N6O2. The zero-order valence-corrected chi connectivity index (χ0v) is 5.50. The van der Waals surface area contributed by atoms with E-state index in [1.54, 1.807) is 0 Å². The van der Waals surface area contributed by atoms with E-state index in [0.29, 0.717) is 0 Å². The lowest BCUT2D eigenvalue weighted by atomic mass is 10.5. The number of carbonyl (C=O) groups is 2. The topological polar surface area (TPSA) is 108 Å². The van der Waals surface area contributed by atoms with Crippen molar-refractivity contribution in [2.75, 3.05) is 0 Å². The first-order valence-corrected chi connectivity index (χ1v) is 2.85. The fourth-order valence-corrected chi connectivity index (χ4v) is 0.640. The van der Waals surface area contributed by atoms with Gasteiger partial charge in [-0.15, -0.1) is 10.2 Å². The quantitative estimate of drug-likeness (QED) is 0.574. The molecule has 12 heavy (non-hydrogen) atoms. The fourth-order valence-electron chi connectivity index (χ4n) is 0.640. The van der Waals surface area contributed by atoms with Gasteiger partial charge in [-0.25, -0.2) is 9.59 Å². The van der Waals surface area contributed by atoms with E-state index < -0.39 is 12.1 Å². The Bertz CT molecular complexity index is 350. The normalized spacial score (nSPS) is 20.3. The van der Waals surface area contributed by atoms with Gasteiger partial charge in [0.25, 0.3) is 0 Å². The number of rotatable bonds is 1. The van der Waals surface area contributed by atoms with Crippen LogP contribution in [0.5, 0.6) is 0 Å². The van der Waals surface area contributed by atoms with E-state index in [1.807, 2.05) is 0 Å². The van der Waals surface area contributed by atoms with Gasteiger partial charge in [0.05, 0.1) is 0 Å². The average Bonchev–Trinajstić information content (AvgIpc) is 2.58. The van der Waals surface area contributed by atoms with Crippen LogP contribution in [0.1, 0.15) is 0 Å². The van der Waals surface area contributed by atoms with Gasteiger partial charge >= 0.3 is 12.1 Å². The van der Waals surface area contributed by atoms with E-state index in [0.717, 1.165) is 0 Å². The minimum absolute atomic E-state index is 0.0744. The lowest BCUT2D eigenvalue weighted by Gasteiger charge is -1.82. The molecule has 2 heterocycles. The standard InChI is InChI=1S/C4N6O2/c11-3-5-1(7-9-3)2-6-4(12)10-8-2. The maximum atomic E-state index is 10.4. The zero-order valence-electron chi connectivity index (χ0n) is 5.50. The lowest BCUT2D eigenvalue weighted by Crippen LogP contribution is -2.04. The SMILES string of the molecule is O=C1N=NC(C2=NC(=O)N=N2)=N1. The van der Waals surface area contributed by atoms with Crippen LogP contribution in [0, 0.1) is 0 Å². The molecule has 0 saturated heterocycles. The highest BCUT2D eigenvalue weighted by molar-refractivity contribution is 6.45. The molecule has 0 aromatic carbocycles. The predicted molar refractivity (Wildman–Crippen MR) is 35.4 cm³/mol. The Morgan fingerprint density at radius 2 is 1.08 bits per heavy atom. The zero-order chi connectivity index (χ0) is 8.55. The molecule has 8 nitrogen and oxygen atoms in total. The Kier molecular flexibility index (Phi) is 1.20. The molecule has 0 N–H and O–H groups in total. The molecule has 0 aliphatic carbocycles. The van der Waals surface area contributed by atoms with Crippen molar-refractivity contribution >= 4 is 23.7 Å². The van der Waals surface area contributed by atoms with Gasteiger partial charge in [0.1, 0.15) is 0 Å². The molecule has 0 radical (unpaired) electrons. The van der Waals surface area contributed by atoms with E-state index in [9.17, 15) is 9.59 Å². The van der Waals surface area contributed by atoms with Crippen LogP contribution < -0.4 is 0 Å². The summed E-state index contributed by atoms with van der Waals surface area (Å²) in [6.07, 6.45) is 0. The van der Waals surface area contributed by atoms with Crippen LogP contribution in [-0.4, -0.2) is 23.7 Å². The first kappa shape index (κ1) is 6.58. The number of azo groups is 2. The highest BCUT2D eigenvalue weighted by Gasteiger charge is 2.21. The predicted octanol–water partition coefficient (Wildman–Crippen LogP) is 0.955. The third kappa shape index (κ3) is 0.944. The maximum Gasteiger partial charge on any atom is 0.387 e. The second-order valence-corrected chi connectivity index (χ2v) is 1.84. The van der Waals surface area contributed by atoms with E-state index in [4.69, 9.17) is 0 Å². The smallest absolute Gasteiger partial charge is 0.242 e. The van der Waals surface area contributed by atoms with Crippen LogP contribution >= 0.6 is 0 Å². The van der Waals surface area contributed by atoms with Crippen LogP contribution in [0.25, 0.3) is 0 Å². The van der Waals surface area contributed by atoms with Crippen molar-refractivity contribution in [2.45, 2.75) is 0 Å². The van der Waals surface area contributed by atoms with Crippen molar-refractivity contribution in [3.05, 3.63) is 0 Å². The molecule has 0 bridgehead atoms. The number of hydrogen-bond donors (Lipinski definition) is 0. The Balaban J connectivity index is 2.34. The molecular weight excluding hydrogens is 164 g/mol. The van der Waals surface area contributed by atoms with E-state index in [2.05, 4.69) is 30.4 Å². The van der Waals surface area contributed by atoms with Crippen LogP contribution in [-0.2, 0) is 0 Å². The maximum absolute atomic E-state index is 10.4. The Hall–Kier alpha value is -2.12. The van der Waals surface area contributed by atoms with Crippen molar-refractivity contribution < 1.29 is 9.59 Å². The molecule has 0 saturated carbocycles. The summed E-state index contributed by atoms with van der Waals surface area (Å²) in [4.78, 5) is 27.5. The minimum atomic E-state index is -0.734. The van der Waals surface area contributed by atoms with Gasteiger partial charge in [0.15, 0.2) is 0 Å². The Labute approximate surface area is 64.8 Å². The van der Waals surface area contributed by atoms with Gasteiger partial charge in [0, 0.05) is 0 Å². The molecule has 2 rings (SSSR count). The summed E-state index contributed by atoms with van der Waals surface area (Å²) in [5.74, 6) is -0.149. The molecule has 8 heteroatoms. The summed E-state index contributed by atoms with van der Waals surface area (Å²) in [5.41, 5.74) is 0. The molecule has 0 atom stereocenters. The third-order valence-electron chi connectivity index (χ3n) is 1.06. The number of carbonyl (C=O) groups excluding carboxylic acids is 2. The van der Waals surface area contributed by atoms with Crippen LogP contribution in [0.15, 0.2) is 30.4 Å². The second kappa shape index (κ2) is 2.19. The number of urea groups is 2. The van der Waals surface area contributed by atoms with Crippen molar-refractivity contribution in [2.24, 2.45) is 30.4 Å².